The number of esters is 3. The van der Waals surface area contributed by atoms with Crippen LogP contribution < -0.4 is 22.4 Å². The number of hydrogen-bond acceptors (Lipinski definition) is 19. The summed E-state index contributed by atoms with van der Waals surface area (Å²) in [5.74, 6) is -1.24. The van der Waals surface area contributed by atoms with Crippen LogP contribution in [0.4, 0.5) is 24.0 Å². The molecule has 0 bridgehead atoms. The van der Waals surface area contributed by atoms with Gasteiger partial charge in [-0.3, -0.25) is 14.4 Å². The van der Waals surface area contributed by atoms with Crippen molar-refractivity contribution >= 4 is 48.1 Å². The molecule has 9 amide bonds. The summed E-state index contributed by atoms with van der Waals surface area (Å²) in [5.41, 5.74) is -2.05. The fraction of sp³-hybridized carbons (Fsp3) is 0.804. The van der Waals surface area contributed by atoms with Crippen LogP contribution in [0.5, 0.6) is 0 Å². The molecule has 83 heavy (non-hydrogen) atoms. The second-order valence-electron chi connectivity index (χ2n) is 20.9. The molecule has 1 aromatic heterocycles. The molecule has 2 aliphatic rings. The first-order valence-corrected chi connectivity index (χ1v) is 30.3. The first-order chi connectivity index (χ1) is 40.3. The van der Waals surface area contributed by atoms with Gasteiger partial charge in [0.1, 0.15) is 0 Å². The summed E-state index contributed by atoms with van der Waals surface area (Å²) in [6.45, 7) is 0.340. The average molecular weight is 1180 g/mol. The molecule has 2 fully saturated rings. The van der Waals surface area contributed by atoms with E-state index >= 15 is 0 Å². The molecule has 27 nitrogen and oxygen atoms in total. The molecular weight excluding hydrogens is 1090 g/mol. The summed E-state index contributed by atoms with van der Waals surface area (Å²) in [5, 5.41) is 28.4. The number of nitrogens with zero attached hydrogens (tertiary/aromatic N) is 7. The molecular formula is C56H94N8O19. The van der Waals surface area contributed by atoms with Crippen molar-refractivity contribution in [1.82, 2.24) is 38.6 Å². The van der Waals surface area contributed by atoms with Crippen molar-refractivity contribution < 1.29 is 77.4 Å². The number of imide groups is 4. The summed E-state index contributed by atoms with van der Waals surface area (Å²) >= 11 is 0. The summed E-state index contributed by atoms with van der Waals surface area (Å²) in [6.07, 6.45) is 20.8. The van der Waals surface area contributed by atoms with Gasteiger partial charge in [0.25, 0.3) is 0 Å². The van der Waals surface area contributed by atoms with Crippen molar-refractivity contribution in [1.29, 1.82) is 0 Å². The van der Waals surface area contributed by atoms with Crippen LogP contribution in [0.15, 0.2) is 14.4 Å². The predicted octanol–water partition coefficient (Wildman–Crippen LogP) is 6.55. The minimum Gasteiger partial charge on any atom is -0.439 e. The van der Waals surface area contributed by atoms with Gasteiger partial charge in [-0.25, -0.2) is 71.7 Å². The van der Waals surface area contributed by atoms with Crippen LogP contribution in [0.1, 0.15) is 205 Å². The highest BCUT2D eigenvalue weighted by Crippen LogP contribution is 2.21. The molecule has 27 heteroatoms. The van der Waals surface area contributed by atoms with E-state index in [0.717, 1.165) is 104 Å². The van der Waals surface area contributed by atoms with E-state index < -0.39 is 55.5 Å². The zero-order valence-corrected chi connectivity index (χ0v) is 48.8. The van der Waals surface area contributed by atoms with Gasteiger partial charge < -0.3 is 44.3 Å². The Morgan fingerprint density at radius 3 is 0.940 bits per heavy atom. The lowest BCUT2D eigenvalue weighted by molar-refractivity contribution is -0.156. The predicted molar refractivity (Wildman–Crippen MR) is 300 cm³/mol. The quantitative estimate of drug-likeness (QED) is 0.0232. The highest BCUT2D eigenvalue weighted by Gasteiger charge is 2.43. The molecule has 0 atom stereocenters. The lowest BCUT2D eigenvalue weighted by Crippen LogP contribution is -2.64. The number of aliphatic hydroxyl groups excluding tert-OH is 3. The van der Waals surface area contributed by atoms with Gasteiger partial charge in [0.15, 0.2) is 27.2 Å². The van der Waals surface area contributed by atoms with Crippen LogP contribution in [0.3, 0.4) is 0 Å². The van der Waals surface area contributed by atoms with Gasteiger partial charge in [-0.05, 0) is 77.0 Å². The molecule has 3 heterocycles. The van der Waals surface area contributed by atoms with Crippen molar-refractivity contribution in [2.75, 3.05) is 66.5 Å². The standard InChI is InChI=1S/C56H94N8O19/c65-42-80-46(68)30-18-6-3-11-23-35-59-50(72)58(51(59)73)34-22-10-1-2-17-29-41-79-45-83-48(70)32-20-8-5-13-25-37-60-52(74)62(38-26-14-9-21-33-57-49(71)82-44-67)56(78)64(53(60)75)40-28-16-15-27-39-63-54(76)61(55(63)77)36-24-12-4-7-19-31-47(69)81-43-66/h65-67H,1-45H2,(H,57,71). The van der Waals surface area contributed by atoms with E-state index in [4.69, 9.17) is 24.8 Å². The van der Waals surface area contributed by atoms with E-state index in [1.165, 1.54) is 19.6 Å². The number of carbonyl (C=O) groups is 8. The number of carbonyl (C=O) groups excluding carboxylic acids is 8. The van der Waals surface area contributed by atoms with Crippen LogP contribution in [0, 0.1) is 0 Å². The number of aromatic nitrogens is 3. The zero-order chi connectivity index (χ0) is 60.5. The van der Waals surface area contributed by atoms with Crippen molar-refractivity contribution in [3.05, 3.63) is 31.5 Å². The van der Waals surface area contributed by atoms with Gasteiger partial charge in [0.2, 0.25) is 0 Å². The van der Waals surface area contributed by atoms with Gasteiger partial charge in [0, 0.05) is 71.6 Å². The van der Waals surface area contributed by atoms with Gasteiger partial charge in [-0.15, -0.1) is 0 Å². The Morgan fingerprint density at radius 1 is 0.325 bits per heavy atom. The van der Waals surface area contributed by atoms with Crippen LogP contribution in [-0.2, 0) is 57.7 Å². The normalized spacial score (nSPS) is 13.1. The molecule has 0 aromatic carbocycles. The van der Waals surface area contributed by atoms with Gasteiger partial charge >= 0.3 is 65.2 Å². The van der Waals surface area contributed by atoms with E-state index in [1.807, 2.05) is 0 Å². The third kappa shape index (κ3) is 27.8. The van der Waals surface area contributed by atoms with Crippen molar-refractivity contribution in [3.8, 4) is 0 Å². The molecule has 2 saturated heterocycles. The molecule has 472 valence electrons. The summed E-state index contributed by atoms with van der Waals surface area (Å²) in [7, 11) is 0. The zero-order valence-electron chi connectivity index (χ0n) is 48.8. The van der Waals surface area contributed by atoms with Crippen molar-refractivity contribution in [3.63, 3.8) is 0 Å². The smallest absolute Gasteiger partial charge is 0.409 e. The first kappa shape index (κ1) is 71.1. The van der Waals surface area contributed by atoms with E-state index in [1.54, 1.807) is 0 Å². The Kier molecular flexibility index (Phi) is 37.2. The van der Waals surface area contributed by atoms with Gasteiger partial charge in [0.05, 0.1) is 6.61 Å². The average Bonchev–Trinajstić information content (AvgIpc) is 2.82. The Morgan fingerprint density at radius 2 is 0.602 bits per heavy atom. The number of nitrogens with one attached hydrogen (secondary N) is 1. The second kappa shape index (κ2) is 43.5. The maximum absolute atomic E-state index is 13.7. The molecule has 0 radical (unpaired) electrons. The maximum atomic E-state index is 13.7. The minimum absolute atomic E-state index is 0.0800. The molecule has 4 N–H and O–H groups in total. The fourth-order valence-corrected chi connectivity index (χ4v) is 9.70. The number of unbranched alkanes of at least 4 members (excludes halogenated alkanes) is 23. The SMILES string of the molecule is O=C(CCCCCCCN1C(=O)N(CCCCCCCCOCOC(=O)CCCCCCCn2c(=O)n(CCCCCCNC(=O)OCO)c(=O)n(CCCCCCN3C(=O)N(CCCCCCCC(=O)OCO)C3=O)c2=O)C1=O)OCO. The van der Waals surface area contributed by atoms with E-state index in [-0.39, 0.29) is 82.3 Å². The summed E-state index contributed by atoms with van der Waals surface area (Å²) < 4.78 is 27.4. The van der Waals surface area contributed by atoms with Crippen LogP contribution in [0.25, 0.3) is 0 Å². The lowest BCUT2D eigenvalue weighted by atomic mass is 10.1. The van der Waals surface area contributed by atoms with Crippen LogP contribution >= 0.6 is 0 Å². The van der Waals surface area contributed by atoms with Crippen LogP contribution in [0.2, 0.25) is 0 Å². The fourth-order valence-electron chi connectivity index (χ4n) is 9.70. The molecule has 2 aliphatic heterocycles. The second-order valence-corrected chi connectivity index (χ2v) is 20.9. The molecule has 0 spiro atoms. The number of amides is 9. The number of aliphatic hydroxyl groups is 3. The third-order valence-corrected chi connectivity index (χ3v) is 14.5. The Balaban J connectivity index is 1.27. The van der Waals surface area contributed by atoms with E-state index in [0.29, 0.717) is 129 Å². The maximum Gasteiger partial charge on any atom is 0.409 e. The minimum atomic E-state index is -0.733. The Labute approximate surface area is 485 Å². The number of hydrogen-bond donors (Lipinski definition) is 4. The monoisotopic (exact) mass is 1180 g/mol. The Hall–Kier alpha value is -6.19. The highest BCUT2D eigenvalue weighted by atomic mass is 16.7. The molecule has 0 aliphatic carbocycles. The van der Waals surface area contributed by atoms with Crippen molar-refractivity contribution in [2.24, 2.45) is 0 Å². The number of ether oxygens (including phenoxy) is 5. The van der Waals surface area contributed by atoms with E-state index in [9.17, 15) is 52.7 Å². The third-order valence-electron chi connectivity index (χ3n) is 14.5. The number of rotatable bonds is 52. The van der Waals surface area contributed by atoms with Gasteiger partial charge in [-0.2, -0.15) is 0 Å². The van der Waals surface area contributed by atoms with Gasteiger partial charge in [-0.1, -0.05) is 109 Å². The number of urea groups is 4. The largest absolute Gasteiger partial charge is 0.439 e. The van der Waals surface area contributed by atoms with E-state index in [2.05, 4.69) is 19.5 Å². The number of alkyl carbamates (subject to hydrolysis) is 1. The molecule has 1 aromatic rings. The highest BCUT2D eigenvalue weighted by molar-refractivity contribution is 6.12. The molecule has 0 unspecified atom stereocenters. The lowest BCUT2D eigenvalue weighted by Gasteiger charge is -2.39. The van der Waals surface area contributed by atoms with Crippen LogP contribution in [-0.4, -0.2) is 163 Å². The molecule has 0 saturated carbocycles. The summed E-state index contributed by atoms with van der Waals surface area (Å²) in [4.78, 5) is 142. The molecule has 3 rings (SSSR count). The topological polar surface area (TPSA) is 334 Å². The summed E-state index contributed by atoms with van der Waals surface area (Å²) in [6, 6.07) is -1.18. The Bertz CT molecular complexity index is 2270. The first-order valence-electron chi connectivity index (χ1n) is 30.3. The van der Waals surface area contributed by atoms with Crippen molar-refractivity contribution in [2.45, 2.75) is 225 Å².